The summed E-state index contributed by atoms with van der Waals surface area (Å²) in [6, 6.07) is 0.0862. The van der Waals surface area contributed by atoms with Gasteiger partial charge in [-0.25, -0.2) is 0 Å². The zero-order chi connectivity index (χ0) is 12.4. The summed E-state index contributed by atoms with van der Waals surface area (Å²) in [4.78, 5) is 5.97. The highest BCUT2D eigenvalue weighted by atomic mass is 35.5. The number of aliphatic hydroxyl groups excluding tert-OH is 1. The van der Waals surface area contributed by atoms with Crippen LogP contribution in [0.15, 0.2) is 0 Å². The third-order valence-corrected chi connectivity index (χ3v) is 2.99. The molecule has 2 rings (SSSR count). The molecule has 2 unspecified atom stereocenters. The third kappa shape index (κ3) is 2.77. The van der Waals surface area contributed by atoms with Crippen molar-refractivity contribution in [2.45, 2.75) is 19.1 Å². The second kappa shape index (κ2) is 5.30. The van der Waals surface area contributed by atoms with Crippen molar-refractivity contribution in [3.05, 3.63) is 10.4 Å². The lowest BCUT2D eigenvalue weighted by atomic mass is 10.2. The summed E-state index contributed by atoms with van der Waals surface area (Å²) in [6.45, 7) is 2.91. The number of nitrogens with zero attached hydrogens (tertiary/aromatic N) is 4. The maximum atomic E-state index is 9.11. The first-order chi connectivity index (χ1) is 8.11. The van der Waals surface area contributed by atoms with E-state index in [-0.39, 0.29) is 29.2 Å². The molecule has 1 aromatic heterocycles. The van der Waals surface area contributed by atoms with E-state index in [1.807, 2.05) is 11.8 Å². The minimum absolute atomic E-state index is 0.0450. The Kier molecular flexibility index (Phi) is 3.98. The highest BCUT2D eigenvalue weighted by Crippen LogP contribution is 2.26. The van der Waals surface area contributed by atoms with Crippen LogP contribution in [0.1, 0.15) is 6.92 Å². The van der Waals surface area contributed by atoms with Crippen LogP contribution in [0.5, 0.6) is 0 Å². The molecule has 6 nitrogen and oxygen atoms in total. The standard InChI is InChI=1S/C9H12Cl2N4O2/c1-5-4-17-6(3-16)2-15(5)8-7(10)13-14-9(11)12-8/h5-6,16H,2-4H2,1H3. The average molecular weight is 279 g/mol. The molecule has 0 saturated carbocycles. The molecule has 1 saturated heterocycles. The van der Waals surface area contributed by atoms with Crippen LogP contribution < -0.4 is 4.90 Å². The summed E-state index contributed by atoms with van der Waals surface area (Å²) in [6.07, 6.45) is -0.254. The Labute approximate surface area is 109 Å². The first-order valence-electron chi connectivity index (χ1n) is 5.16. The van der Waals surface area contributed by atoms with E-state index >= 15 is 0 Å². The molecule has 1 aliphatic rings. The van der Waals surface area contributed by atoms with Gasteiger partial charge >= 0.3 is 0 Å². The fourth-order valence-corrected chi connectivity index (χ4v) is 2.00. The van der Waals surface area contributed by atoms with E-state index in [1.54, 1.807) is 0 Å². The number of aromatic nitrogens is 3. The van der Waals surface area contributed by atoms with Crippen LogP contribution in [-0.4, -0.2) is 52.2 Å². The van der Waals surface area contributed by atoms with E-state index in [2.05, 4.69) is 15.2 Å². The van der Waals surface area contributed by atoms with Crippen LogP contribution in [0.4, 0.5) is 5.82 Å². The molecular formula is C9H12Cl2N4O2. The molecule has 94 valence electrons. The summed E-state index contributed by atoms with van der Waals surface area (Å²) < 4.78 is 5.43. The summed E-state index contributed by atoms with van der Waals surface area (Å²) in [5.41, 5.74) is 0. The van der Waals surface area contributed by atoms with Gasteiger partial charge < -0.3 is 14.7 Å². The van der Waals surface area contributed by atoms with Gasteiger partial charge in [-0.05, 0) is 18.5 Å². The molecule has 0 radical (unpaired) electrons. The minimum Gasteiger partial charge on any atom is -0.394 e. The van der Waals surface area contributed by atoms with E-state index in [1.165, 1.54) is 0 Å². The maximum absolute atomic E-state index is 9.11. The number of hydrogen-bond acceptors (Lipinski definition) is 6. The Hall–Kier alpha value is -0.690. The fourth-order valence-electron chi connectivity index (χ4n) is 1.69. The molecule has 2 heterocycles. The molecule has 1 fully saturated rings. The number of morpholine rings is 1. The Morgan fingerprint density at radius 3 is 2.94 bits per heavy atom. The zero-order valence-corrected chi connectivity index (χ0v) is 10.7. The predicted molar refractivity (Wildman–Crippen MR) is 63.5 cm³/mol. The Bertz CT molecular complexity index is 407. The summed E-state index contributed by atoms with van der Waals surface area (Å²) in [5, 5.41) is 16.6. The predicted octanol–water partition coefficient (Wildman–Crippen LogP) is 0.764. The molecule has 17 heavy (non-hydrogen) atoms. The number of aliphatic hydroxyl groups is 1. The van der Waals surface area contributed by atoms with Crippen LogP contribution in [-0.2, 0) is 4.74 Å². The SMILES string of the molecule is CC1COC(CO)CN1c1nc(Cl)nnc1Cl. The topological polar surface area (TPSA) is 71.4 Å². The molecule has 2 atom stereocenters. The normalized spacial score (nSPS) is 25.1. The molecule has 1 N–H and O–H groups in total. The maximum Gasteiger partial charge on any atom is 0.245 e. The molecule has 1 aliphatic heterocycles. The Morgan fingerprint density at radius 2 is 2.24 bits per heavy atom. The van der Waals surface area contributed by atoms with Crippen molar-refractivity contribution in [1.29, 1.82) is 0 Å². The van der Waals surface area contributed by atoms with Crippen molar-refractivity contribution in [2.75, 3.05) is 24.7 Å². The number of hydrogen-bond donors (Lipinski definition) is 1. The lowest BCUT2D eigenvalue weighted by Gasteiger charge is -2.38. The highest BCUT2D eigenvalue weighted by molar-refractivity contribution is 6.32. The van der Waals surface area contributed by atoms with Crippen molar-refractivity contribution in [1.82, 2.24) is 15.2 Å². The van der Waals surface area contributed by atoms with E-state index in [4.69, 9.17) is 33.0 Å². The Morgan fingerprint density at radius 1 is 1.47 bits per heavy atom. The molecule has 0 aliphatic carbocycles. The van der Waals surface area contributed by atoms with Gasteiger partial charge in [0.2, 0.25) is 5.28 Å². The third-order valence-electron chi connectivity index (χ3n) is 2.58. The van der Waals surface area contributed by atoms with Crippen LogP contribution in [0, 0.1) is 0 Å². The molecular weight excluding hydrogens is 267 g/mol. The lowest BCUT2D eigenvalue weighted by Crippen LogP contribution is -2.50. The largest absolute Gasteiger partial charge is 0.394 e. The molecule has 0 bridgehead atoms. The second-order valence-corrected chi connectivity index (χ2v) is 4.53. The number of ether oxygens (including phenoxy) is 1. The zero-order valence-electron chi connectivity index (χ0n) is 9.18. The number of rotatable bonds is 2. The smallest absolute Gasteiger partial charge is 0.245 e. The summed E-state index contributed by atoms with van der Waals surface area (Å²) in [5.74, 6) is 0.473. The van der Waals surface area contributed by atoms with Crippen molar-refractivity contribution < 1.29 is 9.84 Å². The van der Waals surface area contributed by atoms with Crippen LogP contribution in [0.25, 0.3) is 0 Å². The first kappa shape index (κ1) is 12.8. The van der Waals surface area contributed by atoms with Crippen LogP contribution >= 0.6 is 23.2 Å². The number of halogens is 2. The van der Waals surface area contributed by atoms with Crippen LogP contribution in [0.3, 0.4) is 0 Å². The van der Waals surface area contributed by atoms with Gasteiger partial charge in [0.05, 0.1) is 25.4 Å². The fraction of sp³-hybridized carbons (Fsp3) is 0.667. The van der Waals surface area contributed by atoms with Gasteiger partial charge in [-0.2, -0.15) is 4.98 Å². The quantitative estimate of drug-likeness (QED) is 0.862. The highest BCUT2D eigenvalue weighted by Gasteiger charge is 2.28. The summed E-state index contributed by atoms with van der Waals surface area (Å²) in [7, 11) is 0. The van der Waals surface area contributed by atoms with Gasteiger partial charge in [0.1, 0.15) is 0 Å². The monoisotopic (exact) mass is 278 g/mol. The van der Waals surface area contributed by atoms with Crippen molar-refractivity contribution in [2.24, 2.45) is 0 Å². The minimum atomic E-state index is -0.254. The van der Waals surface area contributed by atoms with E-state index in [0.717, 1.165) is 0 Å². The van der Waals surface area contributed by atoms with E-state index in [9.17, 15) is 0 Å². The molecule has 8 heteroatoms. The first-order valence-corrected chi connectivity index (χ1v) is 5.92. The number of anilines is 1. The molecule has 0 spiro atoms. The summed E-state index contributed by atoms with van der Waals surface area (Å²) >= 11 is 11.6. The van der Waals surface area contributed by atoms with Crippen molar-refractivity contribution in [3.63, 3.8) is 0 Å². The van der Waals surface area contributed by atoms with Gasteiger partial charge in [-0.1, -0.05) is 11.6 Å². The second-order valence-electron chi connectivity index (χ2n) is 3.83. The van der Waals surface area contributed by atoms with Gasteiger partial charge in [-0.15, -0.1) is 10.2 Å². The molecule has 0 aromatic carbocycles. The van der Waals surface area contributed by atoms with Gasteiger partial charge in [0.15, 0.2) is 11.0 Å². The van der Waals surface area contributed by atoms with Crippen LogP contribution in [0.2, 0.25) is 10.4 Å². The van der Waals surface area contributed by atoms with Gasteiger partial charge in [0.25, 0.3) is 0 Å². The molecule has 1 aromatic rings. The average Bonchev–Trinajstić information content (AvgIpc) is 2.33. The van der Waals surface area contributed by atoms with Gasteiger partial charge in [0, 0.05) is 6.54 Å². The van der Waals surface area contributed by atoms with E-state index < -0.39 is 0 Å². The van der Waals surface area contributed by atoms with Gasteiger partial charge in [-0.3, -0.25) is 0 Å². The lowest BCUT2D eigenvalue weighted by molar-refractivity contribution is -0.0106. The van der Waals surface area contributed by atoms with Crippen molar-refractivity contribution in [3.8, 4) is 0 Å². The van der Waals surface area contributed by atoms with Crippen molar-refractivity contribution >= 4 is 29.0 Å². The molecule has 0 amide bonds. The Balaban J connectivity index is 2.27. The van der Waals surface area contributed by atoms with E-state index in [0.29, 0.717) is 19.0 Å².